The third-order valence-electron chi connectivity index (χ3n) is 11.8. The van der Waals surface area contributed by atoms with Crippen molar-refractivity contribution < 1.29 is 0 Å². The molecule has 2 heterocycles. The maximum Gasteiger partial charge on any atom is 0.0541 e. The van der Waals surface area contributed by atoms with Gasteiger partial charge < -0.3 is 9.47 Å². The zero-order valence-electron chi connectivity index (χ0n) is 32.4. The highest BCUT2D eigenvalue weighted by Gasteiger charge is 2.20. The topological polar surface area (TPSA) is 8.17 Å². The van der Waals surface area contributed by atoms with E-state index in [9.17, 15) is 0 Å². The molecule has 2 aromatic heterocycles. The monoisotopic (exact) mass is 772 g/mol. The third kappa shape index (κ3) is 6.46. The molecule has 0 spiro atoms. The average molecular weight is 773 g/mol. The maximum absolute atomic E-state index is 2.47. The van der Waals surface area contributed by atoms with Crippen LogP contribution in [0, 0.1) is 0 Å². The molecule has 0 fully saturated rings. The number of fused-ring (bicyclic) bond motifs is 6. The molecule has 0 aliphatic rings. The molecule has 0 saturated heterocycles. The summed E-state index contributed by atoms with van der Waals surface area (Å²) in [5.74, 6) is 0.181. The average Bonchev–Trinajstić information content (AvgIpc) is 3.84. The summed E-state index contributed by atoms with van der Waals surface area (Å²) in [6, 6.07) is 82.0. The Kier molecular flexibility index (Phi) is 8.87. The lowest BCUT2D eigenvalue weighted by Gasteiger charge is -2.26. The minimum atomic E-state index is 0.181. The van der Waals surface area contributed by atoms with Crippen molar-refractivity contribution in [2.45, 2.75) is 12.3 Å². The second-order valence-corrected chi connectivity index (χ2v) is 16.4. The van der Waals surface area contributed by atoms with E-state index in [4.69, 9.17) is 0 Å². The Bertz CT molecular complexity index is 3200. The molecule has 59 heavy (non-hydrogen) atoms. The van der Waals surface area contributed by atoms with E-state index in [1.165, 1.54) is 75.5 Å². The smallest absolute Gasteiger partial charge is 0.0541 e. The molecule has 0 aliphatic heterocycles. The first-order valence-electron chi connectivity index (χ1n) is 20.3. The van der Waals surface area contributed by atoms with E-state index in [1.54, 1.807) is 0 Å². The van der Waals surface area contributed by atoms with Gasteiger partial charge in [-0.05, 0) is 125 Å². The van der Waals surface area contributed by atoms with Crippen LogP contribution in [0.15, 0.2) is 224 Å². The highest BCUT2D eigenvalue weighted by molar-refractivity contribution is 7.25. The molecule has 9 aromatic carbocycles. The molecule has 0 aliphatic carbocycles. The number of hydrogen-bond acceptors (Lipinski definition) is 2. The Morgan fingerprint density at radius 3 is 1.68 bits per heavy atom. The summed E-state index contributed by atoms with van der Waals surface area (Å²) in [5, 5.41) is 5.17. The number of hydrogen-bond donors (Lipinski definition) is 0. The van der Waals surface area contributed by atoms with Gasteiger partial charge in [-0.25, -0.2) is 0 Å². The first-order valence-corrected chi connectivity index (χ1v) is 21.2. The van der Waals surface area contributed by atoms with Gasteiger partial charge in [0.05, 0.1) is 11.0 Å². The van der Waals surface area contributed by atoms with Gasteiger partial charge in [0.2, 0.25) is 0 Å². The van der Waals surface area contributed by atoms with Gasteiger partial charge >= 0.3 is 0 Å². The van der Waals surface area contributed by atoms with Crippen molar-refractivity contribution in [3.8, 4) is 16.8 Å². The molecule has 0 N–H and O–H groups in total. The number of rotatable bonds is 9. The van der Waals surface area contributed by atoms with Crippen LogP contribution in [0.4, 0.5) is 17.1 Å². The van der Waals surface area contributed by atoms with Crippen molar-refractivity contribution >= 4 is 70.4 Å². The SMILES string of the molecule is c1ccc(C(Cc2cccc(N(c3ccccc3)c3ccccc3)c2)c2ccc3sc4ccc(-c5ccc6c(c5)c5ccccc5n6-c5ccccc5)cc4c3c2)cc1. The molecule has 2 nitrogen and oxygen atoms in total. The molecule has 0 radical (unpaired) electrons. The summed E-state index contributed by atoms with van der Waals surface area (Å²) < 4.78 is 5.01. The molecular weight excluding hydrogens is 733 g/mol. The summed E-state index contributed by atoms with van der Waals surface area (Å²) in [7, 11) is 0. The van der Waals surface area contributed by atoms with Gasteiger partial charge in [-0.15, -0.1) is 11.3 Å². The molecule has 11 rings (SSSR count). The normalized spacial score (nSPS) is 12.1. The van der Waals surface area contributed by atoms with Crippen LogP contribution in [-0.4, -0.2) is 4.57 Å². The van der Waals surface area contributed by atoms with Gasteiger partial charge in [0, 0.05) is 59.6 Å². The highest BCUT2D eigenvalue weighted by atomic mass is 32.1. The lowest BCUT2D eigenvalue weighted by molar-refractivity contribution is 0.806. The van der Waals surface area contributed by atoms with E-state index in [0.29, 0.717) is 0 Å². The Labute approximate surface area is 348 Å². The number of anilines is 3. The highest BCUT2D eigenvalue weighted by Crippen LogP contribution is 2.42. The van der Waals surface area contributed by atoms with Crippen LogP contribution in [0.25, 0.3) is 58.8 Å². The number of aromatic nitrogens is 1. The Hall–Kier alpha value is -7.20. The predicted molar refractivity (Wildman–Crippen MR) is 252 cm³/mol. The largest absolute Gasteiger partial charge is 0.310 e. The van der Waals surface area contributed by atoms with Gasteiger partial charge in [0.25, 0.3) is 0 Å². The van der Waals surface area contributed by atoms with Crippen molar-refractivity contribution in [2.24, 2.45) is 0 Å². The van der Waals surface area contributed by atoms with Crippen molar-refractivity contribution in [1.29, 1.82) is 0 Å². The fourth-order valence-electron chi connectivity index (χ4n) is 8.97. The van der Waals surface area contributed by atoms with E-state index in [-0.39, 0.29) is 5.92 Å². The zero-order valence-corrected chi connectivity index (χ0v) is 33.3. The van der Waals surface area contributed by atoms with Crippen LogP contribution in [0.3, 0.4) is 0 Å². The summed E-state index contributed by atoms with van der Waals surface area (Å²) in [4.78, 5) is 2.35. The van der Waals surface area contributed by atoms with Gasteiger partial charge in [-0.3, -0.25) is 0 Å². The Morgan fingerprint density at radius 1 is 0.390 bits per heavy atom. The molecule has 11 aromatic rings. The van der Waals surface area contributed by atoms with Gasteiger partial charge in [0.15, 0.2) is 0 Å². The lowest BCUT2D eigenvalue weighted by Crippen LogP contribution is -2.11. The maximum atomic E-state index is 2.47. The first-order chi connectivity index (χ1) is 29.2. The standard InChI is InChI=1S/C56H40N2S/c1-5-17-40(18-6-1)49(35-39-16-15-25-47(34-39)57(44-19-7-2-8-20-44)45-21-9-3-10-22-45)43-30-33-56-52(38-43)51-37-42(29-32-55(51)59-56)41-28-31-54-50(36-41)48-26-13-14-27-53(48)58(54)46-23-11-4-12-24-46/h1-34,36-38,49H,35H2. The summed E-state index contributed by atoms with van der Waals surface area (Å²) in [6.07, 6.45) is 0.880. The molecule has 0 saturated carbocycles. The van der Waals surface area contributed by atoms with Gasteiger partial charge in [-0.1, -0.05) is 133 Å². The summed E-state index contributed by atoms with van der Waals surface area (Å²) >= 11 is 1.88. The van der Waals surface area contributed by atoms with Crippen LogP contribution in [0.2, 0.25) is 0 Å². The molecule has 3 heteroatoms. The molecule has 0 amide bonds. The zero-order chi connectivity index (χ0) is 39.1. The van der Waals surface area contributed by atoms with Crippen LogP contribution in [0.1, 0.15) is 22.6 Å². The van der Waals surface area contributed by atoms with E-state index in [2.05, 4.69) is 234 Å². The summed E-state index contributed by atoms with van der Waals surface area (Å²) in [5.41, 5.74) is 13.5. The first kappa shape index (κ1) is 35.0. The number of nitrogens with zero attached hydrogens (tertiary/aromatic N) is 2. The minimum Gasteiger partial charge on any atom is -0.310 e. The van der Waals surface area contributed by atoms with Crippen molar-refractivity contribution in [1.82, 2.24) is 4.57 Å². The van der Waals surface area contributed by atoms with Crippen LogP contribution < -0.4 is 4.90 Å². The number of benzene rings is 9. The Balaban J connectivity index is 0.988. The van der Waals surface area contributed by atoms with Crippen LogP contribution >= 0.6 is 11.3 Å². The van der Waals surface area contributed by atoms with Gasteiger partial charge in [-0.2, -0.15) is 0 Å². The molecular formula is C56H40N2S. The molecule has 280 valence electrons. The van der Waals surface area contributed by atoms with Crippen LogP contribution in [0.5, 0.6) is 0 Å². The molecule has 0 bridgehead atoms. The fourth-order valence-corrected chi connectivity index (χ4v) is 10.0. The van der Waals surface area contributed by atoms with Crippen molar-refractivity contribution in [3.63, 3.8) is 0 Å². The van der Waals surface area contributed by atoms with Crippen LogP contribution in [-0.2, 0) is 6.42 Å². The second kappa shape index (κ2) is 14.9. The van der Waals surface area contributed by atoms with Crippen molar-refractivity contribution in [3.05, 3.63) is 241 Å². The molecule has 1 unspecified atom stereocenters. The van der Waals surface area contributed by atoms with E-state index >= 15 is 0 Å². The quantitative estimate of drug-likeness (QED) is 0.142. The third-order valence-corrected chi connectivity index (χ3v) is 12.9. The van der Waals surface area contributed by atoms with E-state index in [0.717, 1.165) is 23.5 Å². The second-order valence-electron chi connectivity index (χ2n) is 15.3. The van der Waals surface area contributed by atoms with Gasteiger partial charge in [0.1, 0.15) is 0 Å². The van der Waals surface area contributed by atoms with Crippen molar-refractivity contribution in [2.75, 3.05) is 4.90 Å². The number of para-hydroxylation sites is 4. The number of thiophene rings is 1. The predicted octanol–water partition coefficient (Wildman–Crippen LogP) is 15.7. The summed E-state index contributed by atoms with van der Waals surface area (Å²) in [6.45, 7) is 0. The molecule has 1 atom stereocenters. The van der Waals surface area contributed by atoms with E-state index in [1.807, 2.05) is 11.3 Å². The fraction of sp³-hybridized carbons (Fsp3) is 0.0357. The Morgan fingerprint density at radius 2 is 0.949 bits per heavy atom. The minimum absolute atomic E-state index is 0.181. The van der Waals surface area contributed by atoms with E-state index < -0.39 is 0 Å². The lowest BCUT2D eigenvalue weighted by atomic mass is 9.85.